The molecule has 0 saturated heterocycles. The lowest BCUT2D eigenvalue weighted by molar-refractivity contribution is -0.499. The third kappa shape index (κ3) is 1.15. The lowest BCUT2D eigenvalue weighted by Gasteiger charge is -1.90. The molecule has 0 aromatic heterocycles. The lowest BCUT2D eigenvalue weighted by Crippen LogP contribution is -2.00. The molecular weight excluding hydrogens is 116 g/mol. The van der Waals surface area contributed by atoms with E-state index in [-0.39, 0.29) is 12.2 Å². The molecule has 1 aliphatic carbocycles. The van der Waals surface area contributed by atoms with Crippen molar-refractivity contribution in [3.8, 4) is 0 Å². The van der Waals surface area contributed by atoms with Crippen molar-refractivity contribution >= 4 is 0 Å². The van der Waals surface area contributed by atoms with Crippen molar-refractivity contribution in [3.05, 3.63) is 0 Å². The summed E-state index contributed by atoms with van der Waals surface area (Å²) in [5.41, 5.74) is 0. The summed E-state index contributed by atoms with van der Waals surface area (Å²) in [5.74, 6) is 0. The molecule has 0 aliphatic heterocycles. The van der Waals surface area contributed by atoms with Gasteiger partial charge < -0.3 is 0 Å². The molecule has 0 radical (unpaired) electrons. The van der Waals surface area contributed by atoms with E-state index in [1.807, 2.05) is 0 Å². The Morgan fingerprint density at radius 1 is 1.25 bits per heavy atom. The van der Waals surface area contributed by atoms with Crippen molar-refractivity contribution in [2.45, 2.75) is 18.6 Å². The fourth-order valence-electron chi connectivity index (χ4n) is 0.418. The molecule has 0 aromatic rings. The molecule has 0 aromatic carbocycles. The van der Waals surface area contributed by atoms with Gasteiger partial charge in [-0.15, -0.1) is 0 Å². The lowest BCUT2D eigenvalue weighted by atomic mass is 10.8. The molecule has 2 unspecified atom stereocenters. The number of hydrogen-bond donors (Lipinski definition) is 2. The Labute approximate surface area is 45.2 Å². The van der Waals surface area contributed by atoms with Crippen molar-refractivity contribution in [3.63, 3.8) is 0 Å². The third-order valence-electron chi connectivity index (χ3n) is 0.978. The maximum atomic E-state index is 7.89. The van der Waals surface area contributed by atoms with Crippen molar-refractivity contribution in [1.29, 1.82) is 0 Å². The maximum Gasteiger partial charge on any atom is 0.128 e. The summed E-state index contributed by atoms with van der Waals surface area (Å²) in [6.45, 7) is 0. The van der Waals surface area contributed by atoms with Crippen LogP contribution in [0.4, 0.5) is 0 Å². The Morgan fingerprint density at radius 2 is 2.00 bits per heavy atom. The highest BCUT2D eigenvalue weighted by Gasteiger charge is 2.42. The van der Waals surface area contributed by atoms with E-state index in [1.54, 1.807) is 0 Å². The van der Waals surface area contributed by atoms with E-state index < -0.39 is 0 Å². The third-order valence-corrected chi connectivity index (χ3v) is 0.978. The zero-order chi connectivity index (χ0) is 5.98. The molecule has 1 saturated carbocycles. The fraction of sp³-hybridized carbons (Fsp3) is 1.00. The Bertz CT molecular complexity index is 74.1. The SMILES string of the molecule is OOOC1CC1OO. The monoisotopic (exact) mass is 122 g/mol. The van der Waals surface area contributed by atoms with Gasteiger partial charge in [0.2, 0.25) is 0 Å². The van der Waals surface area contributed by atoms with E-state index in [0.717, 1.165) is 0 Å². The molecule has 0 heterocycles. The van der Waals surface area contributed by atoms with E-state index in [1.165, 1.54) is 0 Å². The first-order valence-electron chi connectivity index (χ1n) is 2.15. The minimum atomic E-state index is -0.331. The number of rotatable bonds is 3. The van der Waals surface area contributed by atoms with Gasteiger partial charge >= 0.3 is 0 Å². The van der Waals surface area contributed by atoms with Crippen LogP contribution in [0.25, 0.3) is 0 Å². The molecule has 8 heavy (non-hydrogen) atoms. The molecular formula is C3H6O5. The van der Waals surface area contributed by atoms with Gasteiger partial charge in [-0.3, -0.25) is 5.26 Å². The van der Waals surface area contributed by atoms with E-state index in [2.05, 4.69) is 14.8 Å². The first-order valence-corrected chi connectivity index (χ1v) is 2.15. The molecule has 1 fully saturated rings. The fourth-order valence-corrected chi connectivity index (χ4v) is 0.418. The minimum absolute atomic E-state index is 0.315. The Hall–Kier alpha value is -0.200. The minimum Gasteiger partial charge on any atom is -0.251 e. The van der Waals surface area contributed by atoms with Gasteiger partial charge in [0.25, 0.3) is 0 Å². The standard InChI is InChI=1S/C3H6O5/c4-6-2-1-3(2)7-8-5/h2-5H,1H2. The topological polar surface area (TPSA) is 68.2 Å². The second kappa shape index (κ2) is 2.38. The van der Waals surface area contributed by atoms with Gasteiger partial charge in [0.1, 0.15) is 12.2 Å². The summed E-state index contributed by atoms with van der Waals surface area (Å²) < 4.78 is 0. The first-order chi connectivity index (χ1) is 3.88. The van der Waals surface area contributed by atoms with Gasteiger partial charge in [0, 0.05) is 6.42 Å². The van der Waals surface area contributed by atoms with E-state index >= 15 is 0 Å². The second-order valence-electron chi connectivity index (χ2n) is 1.59. The quantitative estimate of drug-likeness (QED) is 0.408. The normalized spacial score (nSPS) is 35.2. The largest absolute Gasteiger partial charge is 0.251 e. The van der Waals surface area contributed by atoms with Crippen molar-refractivity contribution in [1.82, 2.24) is 0 Å². The Kier molecular flexibility index (Phi) is 1.77. The van der Waals surface area contributed by atoms with E-state index in [0.29, 0.717) is 6.42 Å². The van der Waals surface area contributed by atoms with Crippen LogP contribution in [-0.4, -0.2) is 22.7 Å². The average molecular weight is 122 g/mol. The maximum absolute atomic E-state index is 7.89. The summed E-state index contributed by atoms with van der Waals surface area (Å²) in [6.07, 6.45) is -0.0935. The van der Waals surface area contributed by atoms with Gasteiger partial charge in [-0.2, -0.15) is 0 Å². The van der Waals surface area contributed by atoms with Crippen LogP contribution in [-0.2, 0) is 14.8 Å². The highest BCUT2D eigenvalue weighted by molar-refractivity contribution is 4.86. The molecule has 0 bridgehead atoms. The molecule has 48 valence electrons. The zero-order valence-electron chi connectivity index (χ0n) is 3.98. The smallest absolute Gasteiger partial charge is 0.128 e. The Balaban J connectivity index is 1.99. The van der Waals surface area contributed by atoms with Crippen LogP contribution in [0.5, 0.6) is 0 Å². The molecule has 2 N–H and O–H groups in total. The van der Waals surface area contributed by atoms with Crippen LogP contribution in [0.1, 0.15) is 6.42 Å². The van der Waals surface area contributed by atoms with Gasteiger partial charge in [-0.25, -0.2) is 15.0 Å². The van der Waals surface area contributed by atoms with Crippen LogP contribution in [0, 0.1) is 0 Å². The van der Waals surface area contributed by atoms with Crippen LogP contribution < -0.4 is 0 Å². The molecule has 0 spiro atoms. The van der Waals surface area contributed by atoms with Crippen LogP contribution in [0.2, 0.25) is 0 Å². The van der Waals surface area contributed by atoms with Crippen molar-refractivity contribution < 1.29 is 25.3 Å². The summed E-state index contributed by atoms with van der Waals surface area (Å²) >= 11 is 0. The highest BCUT2D eigenvalue weighted by atomic mass is 17.5. The molecule has 2 atom stereocenters. The Morgan fingerprint density at radius 3 is 2.38 bits per heavy atom. The molecule has 1 rings (SSSR count). The van der Waals surface area contributed by atoms with E-state index in [4.69, 9.17) is 10.5 Å². The highest BCUT2D eigenvalue weighted by Crippen LogP contribution is 2.27. The van der Waals surface area contributed by atoms with Crippen LogP contribution >= 0.6 is 0 Å². The zero-order valence-corrected chi connectivity index (χ0v) is 3.98. The summed E-state index contributed by atoms with van der Waals surface area (Å²) in [7, 11) is 0. The first kappa shape index (κ1) is 5.93. The van der Waals surface area contributed by atoms with Crippen molar-refractivity contribution in [2.75, 3.05) is 0 Å². The van der Waals surface area contributed by atoms with Gasteiger partial charge in [-0.05, 0) is 0 Å². The van der Waals surface area contributed by atoms with Crippen molar-refractivity contribution in [2.24, 2.45) is 0 Å². The number of hydrogen-bond acceptors (Lipinski definition) is 5. The van der Waals surface area contributed by atoms with Gasteiger partial charge in [-0.1, -0.05) is 5.04 Å². The summed E-state index contributed by atoms with van der Waals surface area (Å²) in [4.78, 5) is 7.94. The summed E-state index contributed by atoms with van der Waals surface area (Å²) in [6, 6.07) is 0. The molecule has 5 nitrogen and oxygen atoms in total. The van der Waals surface area contributed by atoms with Gasteiger partial charge in [0.05, 0.1) is 0 Å². The van der Waals surface area contributed by atoms with E-state index in [9.17, 15) is 0 Å². The average Bonchev–Trinajstić information content (AvgIpc) is 2.48. The van der Waals surface area contributed by atoms with Crippen LogP contribution in [0.15, 0.2) is 0 Å². The summed E-state index contributed by atoms with van der Waals surface area (Å²) in [5, 5.41) is 18.8. The predicted molar refractivity (Wildman–Crippen MR) is 20.7 cm³/mol. The molecule has 1 aliphatic rings. The molecule has 0 amide bonds. The van der Waals surface area contributed by atoms with Gasteiger partial charge in [0.15, 0.2) is 0 Å². The van der Waals surface area contributed by atoms with Crippen LogP contribution in [0.3, 0.4) is 0 Å². The second-order valence-corrected chi connectivity index (χ2v) is 1.59. The molecule has 5 heteroatoms. The predicted octanol–water partition coefficient (Wildman–Crippen LogP) is 0.0381.